The molecule has 3 aliphatic rings. The van der Waals surface area contributed by atoms with E-state index in [0.717, 1.165) is 36.2 Å². The Morgan fingerprint density at radius 3 is 2.64 bits per heavy atom. The number of likely N-dealkylation sites (N-methyl/N-ethyl adjacent to an activating group) is 1. The van der Waals surface area contributed by atoms with E-state index in [1.54, 1.807) is 18.9 Å². The normalized spacial score (nSPS) is 28.5. The maximum absolute atomic E-state index is 14.2. The Balaban J connectivity index is 1.70. The number of carbonyl (C=O) groups is 1. The molecule has 4 heterocycles. The third kappa shape index (κ3) is 2.44. The molecule has 2 aromatic carbocycles. The van der Waals surface area contributed by atoms with Gasteiger partial charge in [-0.3, -0.25) is 19.8 Å². The Kier molecular flexibility index (Phi) is 4.26. The fraction of sp³-hybridized carbons (Fsp3) is 0.360. The number of amides is 1. The summed E-state index contributed by atoms with van der Waals surface area (Å²) in [5.74, 6) is -0.602. The predicted molar refractivity (Wildman–Crippen MR) is 121 cm³/mol. The van der Waals surface area contributed by atoms with Gasteiger partial charge in [-0.1, -0.05) is 53.7 Å². The highest BCUT2D eigenvalue weighted by molar-refractivity contribution is 6.08. The lowest BCUT2D eigenvalue weighted by atomic mass is 9.70. The monoisotopic (exact) mass is 444 g/mol. The van der Waals surface area contributed by atoms with Crippen molar-refractivity contribution in [2.75, 3.05) is 18.5 Å². The van der Waals surface area contributed by atoms with Crippen LogP contribution in [0.5, 0.6) is 0 Å². The quantitative estimate of drug-likeness (QED) is 0.446. The van der Waals surface area contributed by atoms with Crippen molar-refractivity contribution in [1.29, 1.82) is 0 Å². The molecular formula is C25H24N4O4. The topological polar surface area (TPSA) is 92.7 Å². The minimum atomic E-state index is -1.08. The molecule has 33 heavy (non-hydrogen) atoms. The van der Waals surface area contributed by atoms with Gasteiger partial charge in [-0.25, -0.2) is 0 Å². The molecule has 1 spiro atoms. The van der Waals surface area contributed by atoms with Crippen LogP contribution in [0.25, 0.3) is 0 Å². The fourth-order valence-corrected chi connectivity index (χ4v) is 6.66. The van der Waals surface area contributed by atoms with Gasteiger partial charge in [0.25, 0.3) is 5.91 Å². The van der Waals surface area contributed by atoms with Gasteiger partial charge in [0.2, 0.25) is 5.76 Å². The zero-order valence-corrected chi connectivity index (χ0v) is 18.5. The minimum absolute atomic E-state index is 0.0610. The first-order chi connectivity index (χ1) is 16.0. The summed E-state index contributed by atoms with van der Waals surface area (Å²) in [6.45, 7) is 2.33. The van der Waals surface area contributed by atoms with Crippen LogP contribution in [0.3, 0.4) is 0 Å². The summed E-state index contributed by atoms with van der Waals surface area (Å²) < 4.78 is 5.75. The minimum Gasteiger partial charge on any atom is -0.353 e. The van der Waals surface area contributed by atoms with Crippen LogP contribution in [0.15, 0.2) is 59.1 Å². The van der Waals surface area contributed by atoms with Gasteiger partial charge in [-0.15, -0.1) is 0 Å². The lowest BCUT2D eigenvalue weighted by molar-refractivity contribution is -0.386. The number of aryl methyl sites for hydroxylation is 1. The van der Waals surface area contributed by atoms with Crippen molar-refractivity contribution >= 4 is 17.3 Å². The van der Waals surface area contributed by atoms with E-state index in [-0.39, 0.29) is 35.0 Å². The summed E-state index contributed by atoms with van der Waals surface area (Å²) in [5.41, 5.74) is 1.81. The zero-order chi connectivity index (χ0) is 22.9. The van der Waals surface area contributed by atoms with Crippen LogP contribution in [-0.4, -0.2) is 40.5 Å². The smallest absolute Gasteiger partial charge is 0.334 e. The van der Waals surface area contributed by atoms with Crippen LogP contribution in [0.4, 0.5) is 11.4 Å². The average Bonchev–Trinajstić information content (AvgIpc) is 3.55. The number of aromatic nitrogens is 1. The van der Waals surface area contributed by atoms with Gasteiger partial charge in [0.1, 0.15) is 5.54 Å². The SMILES string of the molecule is Cc1noc([C@H]2[C@H](c3ccccc3)[C@H]3CCCN3[C@]23C(=O)N(C)c2ccccc23)c1[N+](=O)[O-]. The summed E-state index contributed by atoms with van der Waals surface area (Å²) in [6.07, 6.45) is 1.89. The van der Waals surface area contributed by atoms with Crippen molar-refractivity contribution in [2.24, 2.45) is 0 Å². The van der Waals surface area contributed by atoms with Gasteiger partial charge in [0, 0.05) is 30.3 Å². The molecule has 6 rings (SSSR count). The second kappa shape index (κ2) is 6.99. The van der Waals surface area contributed by atoms with E-state index >= 15 is 0 Å². The molecule has 3 aromatic rings. The Bertz CT molecular complexity index is 1270. The summed E-state index contributed by atoms with van der Waals surface area (Å²) in [4.78, 5) is 29.9. The molecule has 1 aromatic heterocycles. The number of hydrogen-bond acceptors (Lipinski definition) is 6. The summed E-state index contributed by atoms with van der Waals surface area (Å²) in [7, 11) is 1.79. The van der Waals surface area contributed by atoms with E-state index in [2.05, 4.69) is 22.2 Å². The molecule has 3 aliphatic heterocycles. The number of hydrogen-bond donors (Lipinski definition) is 0. The highest BCUT2D eigenvalue weighted by Crippen LogP contribution is 2.65. The van der Waals surface area contributed by atoms with E-state index in [9.17, 15) is 14.9 Å². The van der Waals surface area contributed by atoms with Crippen LogP contribution >= 0.6 is 0 Å². The molecule has 8 heteroatoms. The van der Waals surface area contributed by atoms with Crippen LogP contribution < -0.4 is 4.90 Å². The number of rotatable bonds is 3. The Hall–Kier alpha value is -3.52. The number of benzene rings is 2. The third-order valence-electron chi connectivity index (χ3n) is 7.79. The maximum atomic E-state index is 14.2. The van der Waals surface area contributed by atoms with E-state index in [4.69, 9.17) is 4.52 Å². The van der Waals surface area contributed by atoms with Crippen LogP contribution in [0, 0.1) is 17.0 Å². The first-order valence-corrected chi connectivity index (χ1v) is 11.3. The molecule has 168 valence electrons. The summed E-state index contributed by atoms with van der Waals surface area (Å²) >= 11 is 0. The van der Waals surface area contributed by atoms with Gasteiger partial charge in [-0.2, -0.15) is 0 Å². The molecule has 8 nitrogen and oxygen atoms in total. The van der Waals surface area contributed by atoms with Gasteiger partial charge in [0.15, 0.2) is 5.69 Å². The number of carbonyl (C=O) groups excluding carboxylic acids is 1. The van der Waals surface area contributed by atoms with Crippen molar-refractivity contribution in [3.05, 3.63) is 87.3 Å². The van der Waals surface area contributed by atoms with Gasteiger partial charge in [0.05, 0.1) is 10.8 Å². The molecule has 2 saturated heterocycles. The van der Waals surface area contributed by atoms with Gasteiger partial charge < -0.3 is 9.42 Å². The molecular weight excluding hydrogens is 420 g/mol. The van der Waals surface area contributed by atoms with Crippen LogP contribution in [0.1, 0.15) is 47.3 Å². The number of fused-ring (bicyclic) bond motifs is 4. The Morgan fingerprint density at radius 1 is 1.15 bits per heavy atom. The average molecular weight is 444 g/mol. The van der Waals surface area contributed by atoms with Crippen molar-refractivity contribution in [2.45, 2.75) is 43.2 Å². The Morgan fingerprint density at radius 2 is 1.88 bits per heavy atom. The molecule has 4 atom stereocenters. The standard InChI is InChI=1S/C25H24N4O4/c1-15-22(29(31)32)23(33-26-15)21-20(16-9-4-3-5-10-16)19-13-8-14-28(19)25(21)17-11-6-7-12-18(17)27(2)24(25)30/h3-7,9-12,19-21H,8,13-14H2,1-2H3/t19-,20-,21-,25+/m1/s1. The summed E-state index contributed by atoms with van der Waals surface area (Å²) in [5, 5.41) is 16.1. The maximum Gasteiger partial charge on any atom is 0.334 e. The van der Waals surface area contributed by atoms with Gasteiger partial charge >= 0.3 is 5.69 Å². The molecule has 0 saturated carbocycles. The van der Waals surface area contributed by atoms with Crippen molar-refractivity contribution in [1.82, 2.24) is 10.1 Å². The van der Waals surface area contributed by atoms with Crippen molar-refractivity contribution < 1.29 is 14.2 Å². The lowest BCUT2D eigenvalue weighted by Gasteiger charge is -2.36. The first kappa shape index (κ1) is 20.1. The second-order valence-electron chi connectivity index (χ2n) is 9.20. The van der Waals surface area contributed by atoms with E-state index in [1.807, 2.05) is 42.5 Å². The zero-order valence-electron chi connectivity index (χ0n) is 18.5. The van der Waals surface area contributed by atoms with Crippen molar-refractivity contribution in [3.8, 4) is 0 Å². The molecule has 1 amide bonds. The lowest BCUT2D eigenvalue weighted by Crippen LogP contribution is -2.52. The molecule has 2 fully saturated rings. The molecule has 0 unspecified atom stereocenters. The number of nitro groups is 1. The Labute approximate surface area is 190 Å². The third-order valence-corrected chi connectivity index (χ3v) is 7.79. The summed E-state index contributed by atoms with van der Waals surface area (Å²) in [6, 6.07) is 17.9. The molecule has 0 bridgehead atoms. The van der Waals surface area contributed by atoms with E-state index < -0.39 is 16.4 Å². The largest absolute Gasteiger partial charge is 0.353 e. The number of para-hydroxylation sites is 1. The van der Waals surface area contributed by atoms with Crippen LogP contribution in [-0.2, 0) is 10.3 Å². The second-order valence-corrected chi connectivity index (χ2v) is 9.20. The van der Waals surface area contributed by atoms with Gasteiger partial charge in [-0.05, 0) is 37.9 Å². The molecule has 0 radical (unpaired) electrons. The van der Waals surface area contributed by atoms with Crippen LogP contribution in [0.2, 0.25) is 0 Å². The predicted octanol–water partition coefficient (Wildman–Crippen LogP) is 4.11. The number of anilines is 1. The van der Waals surface area contributed by atoms with Crippen molar-refractivity contribution in [3.63, 3.8) is 0 Å². The first-order valence-electron chi connectivity index (χ1n) is 11.3. The fourth-order valence-electron chi connectivity index (χ4n) is 6.66. The highest BCUT2D eigenvalue weighted by Gasteiger charge is 2.70. The molecule has 0 aliphatic carbocycles. The van der Waals surface area contributed by atoms with E-state index in [1.165, 1.54) is 0 Å². The highest BCUT2D eigenvalue weighted by atomic mass is 16.6. The van der Waals surface area contributed by atoms with E-state index in [0.29, 0.717) is 0 Å². The number of nitrogens with zero attached hydrogens (tertiary/aromatic N) is 4. The molecule has 0 N–H and O–H groups in total.